The number of fused-ring (bicyclic) bond motifs is 1. The number of likely N-dealkylation sites (N-methyl/N-ethyl adjacent to an activating group) is 1. The summed E-state index contributed by atoms with van der Waals surface area (Å²) in [7, 11) is 0. The zero-order valence-corrected chi connectivity index (χ0v) is 18.5. The van der Waals surface area contributed by atoms with E-state index in [-0.39, 0.29) is 5.91 Å². The van der Waals surface area contributed by atoms with Gasteiger partial charge in [0.2, 0.25) is 0 Å². The molecule has 0 N–H and O–H groups in total. The van der Waals surface area contributed by atoms with Gasteiger partial charge in [-0.2, -0.15) is 0 Å². The molecule has 0 atom stereocenters. The summed E-state index contributed by atoms with van der Waals surface area (Å²) in [5, 5.41) is 0.739. The van der Waals surface area contributed by atoms with Crippen molar-refractivity contribution in [2.24, 2.45) is 0 Å². The van der Waals surface area contributed by atoms with Gasteiger partial charge in [-0.25, -0.2) is 4.98 Å². The van der Waals surface area contributed by atoms with Gasteiger partial charge >= 0.3 is 0 Å². The molecular weight excluding hydrogens is 434 g/mol. The first-order valence-electron chi connectivity index (χ1n) is 9.43. The molecule has 0 saturated heterocycles. The second kappa shape index (κ2) is 9.96. The lowest BCUT2D eigenvalue weighted by Crippen LogP contribution is -2.38. The number of hydrogen-bond donors (Lipinski definition) is 0. The van der Waals surface area contributed by atoms with E-state index in [1.54, 1.807) is 22.3 Å². The number of aromatic nitrogens is 1. The van der Waals surface area contributed by atoms with E-state index < -0.39 is 0 Å². The van der Waals surface area contributed by atoms with Crippen LogP contribution in [-0.2, 0) is 4.79 Å². The topological polar surface area (TPSA) is 36.4 Å². The molecule has 0 radical (unpaired) electrons. The Bertz CT molecular complexity index is 951. The molecule has 4 nitrogen and oxygen atoms in total. The summed E-state index contributed by atoms with van der Waals surface area (Å²) in [5.41, 5.74) is 1.92. The second-order valence-corrected chi connectivity index (χ2v) is 8.29. The van der Waals surface area contributed by atoms with Gasteiger partial charge in [0.1, 0.15) is 0 Å². The molecule has 0 saturated carbocycles. The summed E-state index contributed by atoms with van der Waals surface area (Å²) in [4.78, 5) is 21.8. The van der Waals surface area contributed by atoms with Crippen LogP contribution in [0, 0.1) is 0 Å². The molecule has 2 aromatic carbocycles. The van der Waals surface area contributed by atoms with E-state index in [4.69, 9.17) is 4.98 Å². The highest BCUT2D eigenvalue weighted by Crippen LogP contribution is 2.31. The lowest BCUT2D eigenvalue weighted by molar-refractivity contribution is -0.114. The van der Waals surface area contributed by atoms with Crippen molar-refractivity contribution in [3.8, 4) is 0 Å². The Morgan fingerprint density at radius 3 is 2.57 bits per heavy atom. The fraction of sp³-hybridized carbons (Fsp3) is 0.273. The highest BCUT2D eigenvalue weighted by Gasteiger charge is 2.18. The summed E-state index contributed by atoms with van der Waals surface area (Å²) in [6.07, 6.45) is 3.50. The molecule has 0 aliphatic heterocycles. The predicted octanol–water partition coefficient (Wildman–Crippen LogP) is 5.45. The van der Waals surface area contributed by atoms with Crippen LogP contribution in [-0.4, -0.2) is 42.0 Å². The monoisotopic (exact) mass is 457 g/mol. The van der Waals surface area contributed by atoms with E-state index in [0.717, 1.165) is 45.0 Å². The molecule has 0 unspecified atom stereocenters. The zero-order valence-electron chi connectivity index (χ0n) is 16.1. The van der Waals surface area contributed by atoms with E-state index in [0.29, 0.717) is 6.54 Å². The van der Waals surface area contributed by atoms with Gasteiger partial charge in [0.15, 0.2) is 5.13 Å². The average Bonchev–Trinajstić information content (AvgIpc) is 3.13. The van der Waals surface area contributed by atoms with Crippen molar-refractivity contribution in [1.82, 2.24) is 9.88 Å². The molecule has 3 rings (SSSR count). The van der Waals surface area contributed by atoms with Gasteiger partial charge in [-0.05, 0) is 42.9 Å². The molecular formula is C22H24BrN3OS. The third kappa shape index (κ3) is 5.28. The molecule has 0 fully saturated rings. The van der Waals surface area contributed by atoms with Gasteiger partial charge in [-0.3, -0.25) is 9.69 Å². The molecule has 0 spiro atoms. The maximum absolute atomic E-state index is 13.0. The first-order chi connectivity index (χ1) is 13.6. The van der Waals surface area contributed by atoms with Crippen molar-refractivity contribution in [3.63, 3.8) is 0 Å². The fourth-order valence-corrected chi connectivity index (χ4v) is 4.45. The first kappa shape index (κ1) is 20.7. The zero-order chi connectivity index (χ0) is 19.9. The Morgan fingerprint density at radius 2 is 1.86 bits per heavy atom. The van der Waals surface area contributed by atoms with Crippen molar-refractivity contribution < 1.29 is 4.79 Å². The van der Waals surface area contributed by atoms with Crippen molar-refractivity contribution in [3.05, 3.63) is 64.6 Å². The molecule has 146 valence electrons. The van der Waals surface area contributed by atoms with Crippen molar-refractivity contribution in [2.45, 2.75) is 13.8 Å². The SMILES string of the molecule is CCN(CC)CCN(C(=O)C=Cc1ccccc1)c1nc2ccc(Br)cc2s1. The van der Waals surface area contributed by atoms with Crippen LogP contribution in [0.25, 0.3) is 16.3 Å². The average molecular weight is 458 g/mol. The molecule has 0 aliphatic carbocycles. The van der Waals surface area contributed by atoms with Crippen LogP contribution in [0.3, 0.4) is 0 Å². The molecule has 1 aromatic heterocycles. The molecule has 28 heavy (non-hydrogen) atoms. The number of hydrogen-bond acceptors (Lipinski definition) is 4. The van der Waals surface area contributed by atoms with Crippen LogP contribution >= 0.6 is 27.3 Å². The Balaban J connectivity index is 1.86. The number of carbonyl (C=O) groups excluding carboxylic acids is 1. The van der Waals surface area contributed by atoms with Gasteiger partial charge in [0.05, 0.1) is 10.2 Å². The molecule has 0 bridgehead atoms. The van der Waals surface area contributed by atoms with Gasteiger partial charge < -0.3 is 4.90 Å². The van der Waals surface area contributed by atoms with Crippen LogP contribution in [0.5, 0.6) is 0 Å². The van der Waals surface area contributed by atoms with Crippen molar-refractivity contribution in [1.29, 1.82) is 0 Å². The van der Waals surface area contributed by atoms with Crippen molar-refractivity contribution >= 4 is 54.6 Å². The first-order valence-corrected chi connectivity index (χ1v) is 11.0. The summed E-state index contributed by atoms with van der Waals surface area (Å²) in [6.45, 7) is 7.63. The molecule has 3 aromatic rings. The molecule has 0 aliphatic rings. The Kier molecular flexibility index (Phi) is 7.36. The van der Waals surface area contributed by atoms with Crippen LogP contribution in [0.1, 0.15) is 19.4 Å². The fourth-order valence-electron chi connectivity index (χ4n) is 2.90. The minimum atomic E-state index is -0.0471. The van der Waals surface area contributed by atoms with Gasteiger partial charge in [0.25, 0.3) is 5.91 Å². The lowest BCUT2D eigenvalue weighted by Gasteiger charge is -2.23. The number of anilines is 1. The van der Waals surface area contributed by atoms with Gasteiger partial charge in [-0.1, -0.05) is 71.4 Å². The minimum Gasteiger partial charge on any atom is -0.302 e. The molecule has 1 amide bonds. The predicted molar refractivity (Wildman–Crippen MR) is 123 cm³/mol. The minimum absolute atomic E-state index is 0.0471. The standard InChI is InChI=1S/C22H24BrN3OS/c1-3-25(4-2)14-15-26(21(27)13-10-17-8-6-5-7-9-17)22-24-19-12-11-18(23)16-20(19)28-22/h5-13,16H,3-4,14-15H2,1-2H3. The number of carbonyl (C=O) groups is 1. The van der Waals surface area contributed by atoms with Gasteiger partial charge in [-0.15, -0.1) is 0 Å². The van der Waals surface area contributed by atoms with E-state index in [9.17, 15) is 4.79 Å². The third-order valence-electron chi connectivity index (χ3n) is 4.59. The quantitative estimate of drug-likeness (QED) is 0.422. The highest BCUT2D eigenvalue weighted by molar-refractivity contribution is 9.10. The van der Waals surface area contributed by atoms with E-state index in [1.165, 1.54) is 0 Å². The number of amides is 1. The van der Waals surface area contributed by atoms with E-state index in [2.05, 4.69) is 34.7 Å². The highest BCUT2D eigenvalue weighted by atomic mass is 79.9. The summed E-state index contributed by atoms with van der Waals surface area (Å²) in [6, 6.07) is 15.9. The summed E-state index contributed by atoms with van der Waals surface area (Å²) in [5.74, 6) is -0.0471. The van der Waals surface area contributed by atoms with E-state index in [1.807, 2.05) is 54.6 Å². The maximum atomic E-state index is 13.0. The summed E-state index contributed by atoms with van der Waals surface area (Å²) < 4.78 is 2.08. The molecule has 1 heterocycles. The van der Waals surface area contributed by atoms with Gasteiger partial charge in [0, 0.05) is 23.6 Å². The number of halogens is 1. The number of rotatable bonds is 8. The number of nitrogens with zero attached hydrogens (tertiary/aromatic N) is 3. The Morgan fingerprint density at radius 1 is 1.11 bits per heavy atom. The van der Waals surface area contributed by atoms with Crippen LogP contribution in [0.2, 0.25) is 0 Å². The maximum Gasteiger partial charge on any atom is 0.252 e. The lowest BCUT2D eigenvalue weighted by atomic mass is 10.2. The molecule has 6 heteroatoms. The van der Waals surface area contributed by atoms with Crippen LogP contribution in [0.4, 0.5) is 5.13 Å². The summed E-state index contributed by atoms with van der Waals surface area (Å²) >= 11 is 5.06. The number of benzene rings is 2. The second-order valence-electron chi connectivity index (χ2n) is 6.37. The Hall–Kier alpha value is -2.02. The smallest absolute Gasteiger partial charge is 0.252 e. The normalized spacial score (nSPS) is 11.6. The van der Waals surface area contributed by atoms with Crippen LogP contribution < -0.4 is 4.90 Å². The van der Waals surface area contributed by atoms with Crippen molar-refractivity contribution in [2.75, 3.05) is 31.1 Å². The van der Waals surface area contributed by atoms with Crippen LogP contribution in [0.15, 0.2) is 59.1 Å². The largest absolute Gasteiger partial charge is 0.302 e. The third-order valence-corrected chi connectivity index (χ3v) is 6.12. The Labute approximate surface area is 178 Å². The number of thiazole rings is 1. The van der Waals surface area contributed by atoms with E-state index >= 15 is 0 Å².